The van der Waals surface area contributed by atoms with Gasteiger partial charge in [0.05, 0.1) is 6.21 Å². The fourth-order valence-corrected chi connectivity index (χ4v) is 2.70. The molecule has 0 atom stereocenters. The standard InChI is InChI=1S/C15H15BrN4O/c16-11-7-5-10(6-8-11)9-17-20-15(21)14-12-3-1-2-4-13(12)18-19-14/h5-9H,1-4H2,(H,18,19)(H,20,21)/b17-9+. The van der Waals surface area contributed by atoms with E-state index in [1.165, 1.54) is 0 Å². The van der Waals surface area contributed by atoms with Gasteiger partial charge in [-0.05, 0) is 43.4 Å². The Balaban J connectivity index is 1.66. The lowest BCUT2D eigenvalue weighted by Crippen LogP contribution is -2.20. The Morgan fingerprint density at radius 3 is 2.86 bits per heavy atom. The van der Waals surface area contributed by atoms with Crippen LogP contribution in [0.1, 0.15) is 40.2 Å². The summed E-state index contributed by atoms with van der Waals surface area (Å²) in [4.78, 5) is 12.1. The molecule has 1 aromatic heterocycles. The molecule has 0 saturated heterocycles. The number of carbonyl (C=O) groups is 1. The SMILES string of the molecule is O=C(N/N=C/c1ccc(Br)cc1)c1n[nH]c2c1CCCC2. The van der Waals surface area contributed by atoms with Crippen LogP contribution in [0, 0.1) is 0 Å². The van der Waals surface area contributed by atoms with E-state index in [-0.39, 0.29) is 5.91 Å². The van der Waals surface area contributed by atoms with Crippen molar-refractivity contribution in [3.05, 3.63) is 51.3 Å². The Kier molecular flexibility index (Phi) is 4.15. The van der Waals surface area contributed by atoms with Gasteiger partial charge in [-0.15, -0.1) is 0 Å². The molecule has 1 amide bonds. The van der Waals surface area contributed by atoms with Crippen LogP contribution in [0.15, 0.2) is 33.8 Å². The largest absolute Gasteiger partial charge is 0.292 e. The van der Waals surface area contributed by atoms with Gasteiger partial charge in [0.25, 0.3) is 5.91 Å². The topological polar surface area (TPSA) is 70.1 Å². The summed E-state index contributed by atoms with van der Waals surface area (Å²) in [6, 6.07) is 7.67. The van der Waals surface area contributed by atoms with Gasteiger partial charge >= 0.3 is 0 Å². The predicted octanol–water partition coefficient (Wildman–Crippen LogP) is 2.81. The number of rotatable bonds is 3. The maximum Gasteiger partial charge on any atom is 0.292 e. The number of aromatic nitrogens is 2. The van der Waals surface area contributed by atoms with Crippen LogP contribution in [0.3, 0.4) is 0 Å². The summed E-state index contributed by atoms with van der Waals surface area (Å²) in [5, 5.41) is 11.1. The number of H-pyrrole nitrogens is 1. The van der Waals surface area contributed by atoms with Crippen LogP contribution < -0.4 is 5.43 Å². The number of hydrogen-bond acceptors (Lipinski definition) is 3. The number of hydrogen-bond donors (Lipinski definition) is 2. The van der Waals surface area contributed by atoms with Gasteiger partial charge in [0.2, 0.25) is 0 Å². The van der Waals surface area contributed by atoms with Crippen molar-refractivity contribution in [2.75, 3.05) is 0 Å². The number of nitrogens with zero attached hydrogens (tertiary/aromatic N) is 2. The van der Waals surface area contributed by atoms with Crippen molar-refractivity contribution in [3.63, 3.8) is 0 Å². The number of nitrogens with one attached hydrogen (secondary N) is 2. The fraction of sp³-hybridized carbons (Fsp3) is 0.267. The molecule has 5 nitrogen and oxygen atoms in total. The molecule has 21 heavy (non-hydrogen) atoms. The molecule has 108 valence electrons. The molecule has 0 unspecified atom stereocenters. The van der Waals surface area contributed by atoms with E-state index in [1.54, 1.807) is 6.21 Å². The van der Waals surface area contributed by atoms with E-state index in [0.717, 1.165) is 47.0 Å². The van der Waals surface area contributed by atoms with Crippen molar-refractivity contribution >= 4 is 28.1 Å². The highest BCUT2D eigenvalue weighted by atomic mass is 79.9. The minimum Gasteiger partial charge on any atom is -0.281 e. The summed E-state index contributed by atoms with van der Waals surface area (Å²) in [6.45, 7) is 0. The number of carbonyl (C=O) groups excluding carboxylic acids is 1. The molecule has 1 aromatic carbocycles. The smallest absolute Gasteiger partial charge is 0.281 e. The van der Waals surface area contributed by atoms with Crippen molar-refractivity contribution in [3.8, 4) is 0 Å². The third-order valence-corrected chi connectivity index (χ3v) is 4.05. The summed E-state index contributed by atoms with van der Waals surface area (Å²) in [6.07, 6.45) is 5.75. The molecule has 1 heterocycles. The zero-order valence-corrected chi connectivity index (χ0v) is 13.0. The molecule has 0 bridgehead atoms. The van der Waals surface area contributed by atoms with Crippen molar-refractivity contribution in [1.82, 2.24) is 15.6 Å². The van der Waals surface area contributed by atoms with Crippen LogP contribution in [0.4, 0.5) is 0 Å². The van der Waals surface area contributed by atoms with Crippen molar-refractivity contribution < 1.29 is 4.79 Å². The summed E-state index contributed by atoms with van der Waals surface area (Å²) in [5.41, 5.74) is 6.05. The predicted molar refractivity (Wildman–Crippen MR) is 84.4 cm³/mol. The number of amides is 1. The summed E-state index contributed by atoms with van der Waals surface area (Å²) >= 11 is 3.37. The minimum atomic E-state index is -0.261. The third kappa shape index (κ3) is 3.21. The second-order valence-corrected chi connectivity index (χ2v) is 5.90. The molecule has 0 fully saturated rings. The molecule has 2 N–H and O–H groups in total. The Morgan fingerprint density at radius 2 is 2.05 bits per heavy atom. The van der Waals surface area contributed by atoms with Crippen molar-refractivity contribution in [2.45, 2.75) is 25.7 Å². The summed E-state index contributed by atoms with van der Waals surface area (Å²) < 4.78 is 1.01. The molecule has 6 heteroatoms. The Hall–Kier alpha value is -1.95. The minimum absolute atomic E-state index is 0.261. The van der Waals surface area contributed by atoms with E-state index < -0.39 is 0 Å². The van der Waals surface area contributed by atoms with Crippen LogP contribution in [-0.2, 0) is 12.8 Å². The average Bonchev–Trinajstić information content (AvgIpc) is 2.93. The first-order valence-electron chi connectivity index (χ1n) is 6.89. The van der Waals surface area contributed by atoms with Crippen LogP contribution in [0.2, 0.25) is 0 Å². The zero-order chi connectivity index (χ0) is 14.7. The fourth-order valence-electron chi connectivity index (χ4n) is 2.44. The molecule has 3 rings (SSSR count). The molecule has 0 spiro atoms. The number of halogens is 1. The van der Waals surface area contributed by atoms with Crippen LogP contribution >= 0.6 is 15.9 Å². The number of aromatic amines is 1. The Morgan fingerprint density at radius 1 is 1.29 bits per heavy atom. The average molecular weight is 347 g/mol. The van der Waals surface area contributed by atoms with E-state index >= 15 is 0 Å². The van der Waals surface area contributed by atoms with Gasteiger partial charge in [-0.3, -0.25) is 9.89 Å². The van der Waals surface area contributed by atoms with Gasteiger partial charge in [-0.25, -0.2) is 5.43 Å². The van der Waals surface area contributed by atoms with E-state index in [9.17, 15) is 4.79 Å². The summed E-state index contributed by atoms with van der Waals surface area (Å²) in [7, 11) is 0. The number of hydrazone groups is 1. The number of benzene rings is 1. The van der Waals surface area contributed by atoms with E-state index in [1.807, 2.05) is 24.3 Å². The van der Waals surface area contributed by atoms with E-state index in [4.69, 9.17) is 0 Å². The number of aryl methyl sites for hydroxylation is 1. The lowest BCUT2D eigenvalue weighted by molar-refractivity contribution is 0.0949. The highest BCUT2D eigenvalue weighted by molar-refractivity contribution is 9.10. The molecule has 2 aromatic rings. The lowest BCUT2D eigenvalue weighted by Gasteiger charge is -2.10. The quantitative estimate of drug-likeness (QED) is 0.662. The van der Waals surface area contributed by atoms with Gasteiger partial charge in [0, 0.05) is 15.7 Å². The van der Waals surface area contributed by atoms with Gasteiger partial charge < -0.3 is 0 Å². The van der Waals surface area contributed by atoms with Gasteiger partial charge in [-0.2, -0.15) is 10.2 Å². The first-order valence-corrected chi connectivity index (χ1v) is 7.68. The highest BCUT2D eigenvalue weighted by Crippen LogP contribution is 2.21. The van der Waals surface area contributed by atoms with Crippen molar-refractivity contribution in [2.24, 2.45) is 5.10 Å². The number of fused-ring (bicyclic) bond motifs is 1. The van der Waals surface area contributed by atoms with E-state index in [2.05, 4.69) is 36.7 Å². The van der Waals surface area contributed by atoms with Crippen LogP contribution in [0.5, 0.6) is 0 Å². The normalized spacial score (nSPS) is 14.1. The molecule has 0 saturated carbocycles. The van der Waals surface area contributed by atoms with Gasteiger partial charge in [0.15, 0.2) is 5.69 Å². The van der Waals surface area contributed by atoms with Crippen LogP contribution in [-0.4, -0.2) is 22.3 Å². The van der Waals surface area contributed by atoms with Crippen LogP contribution in [0.25, 0.3) is 0 Å². The maximum absolute atomic E-state index is 12.1. The zero-order valence-electron chi connectivity index (χ0n) is 11.4. The first-order chi connectivity index (χ1) is 10.2. The van der Waals surface area contributed by atoms with Gasteiger partial charge in [0.1, 0.15) is 0 Å². The highest BCUT2D eigenvalue weighted by Gasteiger charge is 2.21. The van der Waals surface area contributed by atoms with Crippen molar-refractivity contribution in [1.29, 1.82) is 0 Å². The molecule has 0 aliphatic heterocycles. The third-order valence-electron chi connectivity index (χ3n) is 3.52. The van der Waals surface area contributed by atoms with E-state index in [0.29, 0.717) is 5.69 Å². The molecule has 1 aliphatic carbocycles. The first kappa shape index (κ1) is 14.0. The maximum atomic E-state index is 12.1. The molecular weight excluding hydrogens is 332 g/mol. The Bertz CT molecular complexity index is 675. The van der Waals surface area contributed by atoms with Gasteiger partial charge in [-0.1, -0.05) is 28.1 Å². The second-order valence-electron chi connectivity index (χ2n) is 4.99. The monoisotopic (exact) mass is 346 g/mol. The second kappa shape index (κ2) is 6.22. The summed E-state index contributed by atoms with van der Waals surface area (Å²) in [5.74, 6) is -0.261. The molecular formula is C15H15BrN4O. The molecule has 0 radical (unpaired) electrons. The Labute approximate surface area is 131 Å². The lowest BCUT2D eigenvalue weighted by atomic mass is 9.96. The molecule has 1 aliphatic rings.